The van der Waals surface area contributed by atoms with Crippen LogP contribution in [0.2, 0.25) is 0 Å². The van der Waals surface area contributed by atoms with Crippen LogP contribution in [0.5, 0.6) is 0 Å². The van der Waals surface area contributed by atoms with Crippen molar-refractivity contribution in [3.05, 3.63) is 53.4 Å². The van der Waals surface area contributed by atoms with E-state index in [0.717, 1.165) is 10.4 Å². The fraction of sp³-hybridized carbons (Fsp3) is 0.0714. The molecule has 0 bridgehead atoms. The van der Waals surface area contributed by atoms with Gasteiger partial charge in [-0.2, -0.15) is 0 Å². The van der Waals surface area contributed by atoms with E-state index in [2.05, 4.69) is 15.5 Å². The van der Waals surface area contributed by atoms with E-state index in [-0.39, 0.29) is 18.3 Å². The molecule has 3 rings (SSSR count). The molecule has 0 atom stereocenters. The molecule has 1 aromatic carbocycles. The van der Waals surface area contributed by atoms with Crippen molar-refractivity contribution in [1.82, 2.24) is 10.2 Å². The molecule has 0 aliphatic rings. The summed E-state index contributed by atoms with van der Waals surface area (Å²) in [7, 11) is 0. The van der Waals surface area contributed by atoms with Gasteiger partial charge in [0.25, 0.3) is 5.89 Å². The summed E-state index contributed by atoms with van der Waals surface area (Å²) in [6, 6.07) is 13.4. The van der Waals surface area contributed by atoms with Gasteiger partial charge in [0.1, 0.15) is 0 Å². The number of carbonyl (C=O) groups excluding carboxylic acids is 1. The SMILES string of the molecule is O=C(Cc1ccccc1)Nc1nnc(-c2cccs2)o1. The quantitative estimate of drug-likeness (QED) is 0.800. The first-order chi connectivity index (χ1) is 9.81. The van der Waals surface area contributed by atoms with Gasteiger partial charge < -0.3 is 4.42 Å². The van der Waals surface area contributed by atoms with Gasteiger partial charge in [-0.15, -0.1) is 16.4 Å². The number of hydrogen-bond acceptors (Lipinski definition) is 5. The molecular weight excluding hydrogens is 274 g/mol. The first-order valence-electron chi connectivity index (χ1n) is 6.02. The summed E-state index contributed by atoms with van der Waals surface area (Å²) < 4.78 is 5.39. The Morgan fingerprint density at radius 2 is 2.00 bits per heavy atom. The molecule has 0 aliphatic heterocycles. The number of hydrogen-bond donors (Lipinski definition) is 1. The first-order valence-corrected chi connectivity index (χ1v) is 6.90. The predicted octanol–water partition coefficient (Wildman–Crippen LogP) is 2.98. The number of thiophene rings is 1. The predicted molar refractivity (Wildman–Crippen MR) is 76.4 cm³/mol. The van der Waals surface area contributed by atoms with Crippen LogP contribution in [0.1, 0.15) is 5.56 Å². The fourth-order valence-corrected chi connectivity index (χ4v) is 2.36. The topological polar surface area (TPSA) is 68.0 Å². The molecule has 0 radical (unpaired) electrons. The maximum Gasteiger partial charge on any atom is 0.322 e. The van der Waals surface area contributed by atoms with Crippen molar-refractivity contribution in [2.45, 2.75) is 6.42 Å². The minimum absolute atomic E-state index is 0.120. The Labute approximate surface area is 119 Å². The standard InChI is InChI=1S/C14H11N3O2S/c18-12(9-10-5-2-1-3-6-10)15-14-17-16-13(19-14)11-7-4-8-20-11/h1-8H,9H2,(H,15,17,18). The van der Waals surface area contributed by atoms with Crippen LogP contribution in [0.15, 0.2) is 52.3 Å². The number of rotatable bonds is 4. The van der Waals surface area contributed by atoms with Crippen molar-refractivity contribution >= 4 is 23.3 Å². The van der Waals surface area contributed by atoms with Gasteiger partial charge in [-0.05, 0) is 17.0 Å². The number of aromatic nitrogens is 2. The monoisotopic (exact) mass is 285 g/mol. The van der Waals surface area contributed by atoms with Crippen molar-refractivity contribution in [2.75, 3.05) is 5.32 Å². The molecule has 0 fully saturated rings. The van der Waals surface area contributed by atoms with Crippen molar-refractivity contribution < 1.29 is 9.21 Å². The molecule has 20 heavy (non-hydrogen) atoms. The van der Waals surface area contributed by atoms with Gasteiger partial charge in [0.05, 0.1) is 11.3 Å². The van der Waals surface area contributed by atoms with E-state index in [1.54, 1.807) is 0 Å². The lowest BCUT2D eigenvalue weighted by molar-refractivity contribution is -0.115. The minimum atomic E-state index is -0.183. The smallest absolute Gasteiger partial charge is 0.322 e. The number of nitrogens with zero attached hydrogens (tertiary/aromatic N) is 2. The lowest BCUT2D eigenvalue weighted by Crippen LogP contribution is -2.14. The number of anilines is 1. The number of nitrogens with one attached hydrogen (secondary N) is 1. The van der Waals surface area contributed by atoms with Crippen LogP contribution in [-0.2, 0) is 11.2 Å². The summed E-state index contributed by atoms with van der Waals surface area (Å²) in [6.07, 6.45) is 0.275. The van der Waals surface area contributed by atoms with Crippen molar-refractivity contribution in [3.8, 4) is 10.8 Å². The van der Waals surface area contributed by atoms with Crippen molar-refractivity contribution in [1.29, 1.82) is 0 Å². The molecule has 100 valence electrons. The number of carbonyl (C=O) groups is 1. The zero-order valence-corrected chi connectivity index (χ0v) is 11.3. The maximum atomic E-state index is 11.8. The highest BCUT2D eigenvalue weighted by molar-refractivity contribution is 7.13. The van der Waals surface area contributed by atoms with Crippen LogP contribution in [0.4, 0.5) is 6.01 Å². The third-order valence-electron chi connectivity index (χ3n) is 2.61. The Bertz CT molecular complexity index is 692. The second-order valence-electron chi connectivity index (χ2n) is 4.10. The zero-order valence-electron chi connectivity index (χ0n) is 10.4. The Hall–Kier alpha value is -2.47. The highest BCUT2D eigenvalue weighted by Gasteiger charge is 2.12. The normalized spacial score (nSPS) is 10.4. The second kappa shape index (κ2) is 5.66. The highest BCUT2D eigenvalue weighted by atomic mass is 32.1. The summed E-state index contributed by atoms with van der Waals surface area (Å²) in [5.41, 5.74) is 0.933. The van der Waals surface area contributed by atoms with Gasteiger partial charge in [0.15, 0.2) is 0 Å². The van der Waals surface area contributed by atoms with Gasteiger partial charge >= 0.3 is 6.01 Å². The van der Waals surface area contributed by atoms with Crippen LogP contribution in [0.3, 0.4) is 0 Å². The summed E-state index contributed by atoms with van der Waals surface area (Å²) in [4.78, 5) is 12.7. The minimum Gasteiger partial charge on any atom is -0.402 e. The Balaban J connectivity index is 1.65. The van der Waals surface area contributed by atoms with Crippen LogP contribution >= 0.6 is 11.3 Å². The van der Waals surface area contributed by atoms with Gasteiger partial charge in [0, 0.05) is 0 Å². The van der Waals surface area contributed by atoms with E-state index in [4.69, 9.17) is 4.42 Å². The van der Waals surface area contributed by atoms with Crippen LogP contribution < -0.4 is 5.32 Å². The third-order valence-corrected chi connectivity index (χ3v) is 3.47. The summed E-state index contributed by atoms with van der Waals surface area (Å²) in [5.74, 6) is 0.229. The van der Waals surface area contributed by atoms with E-state index in [1.165, 1.54) is 11.3 Å². The molecule has 1 N–H and O–H groups in total. The third kappa shape index (κ3) is 2.92. The van der Waals surface area contributed by atoms with E-state index < -0.39 is 0 Å². The molecule has 0 unspecified atom stereocenters. The molecule has 2 aromatic heterocycles. The molecular formula is C14H11N3O2S. The fourth-order valence-electron chi connectivity index (χ4n) is 1.72. The highest BCUT2D eigenvalue weighted by Crippen LogP contribution is 2.24. The lowest BCUT2D eigenvalue weighted by atomic mass is 10.1. The average Bonchev–Trinajstić information content (AvgIpc) is 3.10. The Morgan fingerprint density at radius 1 is 1.15 bits per heavy atom. The van der Waals surface area contributed by atoms with Crippen LogP contribution in [0, 0.1) is 0 Å². The molecule has 0 spiro atoms. The number of amides is 1. The summed E-state index contributed by atoms with van der Waals surface area (Å²) >= 11 is 1.50. The molecule has 5 nitrogen and oxygen atoms in total. The van der Waals surface area contributed by atoms with E-state index in [9.17, 15) is 4.79 Å². The Kier molecular flexibility index (Phi) is 3.56. The van der Waals surface area contributed by atoms with Gasteiger partial charge in [-0.3, -0.25) is 10.1 Å². The van der Waals surface area contributed by atoms with E-state index in [0.29, 0.717) is 5.89 Å². The molecule has 0 saturated carbocycles. The lowest BCUT2D eigenvalue weighted by Gasteiger charge is -2.00. The van der Waals surface area contributed by atoms with E-state index in [1.807, 2.05) is 47.8 Å². The molecule has 0 aliphatic carbocycles. The zero-order chi connectivity index (χ0) is 13.8. The van der Waals surface area contributed by atoms with Gasteiger partial charge in [0.2, 0.25) is 5.91 Å². The van der Waals surface area contributed by atoms with Crippen LogP contribution in [0.25, 0.3) is 10.8 Å². The molecule has 0 saturated heterocycles. The molecule has 6 heteroatoms. The second-order valence-corrected chi connectivity index (χ2v) is 5.05. The number of benzene rings is 1. The maximum absolute atomic E-state index is 11.8. The van der Waals surface area contributed by atoms with Gasteiger partial charge in [-0.25, -0.2) is 0 Å². The van der Waals surface area contributed by atoms with Crippen molar-refractivity contribution in [3.63, 3.8) is 0 Å². The molecule has 1 amide bonds. The van der Waals surface area contributed by atoms with Crippen LogP contribution in [-0.4, -0.2) is 16.1 Å². The van der Waals surface area contributed by atoms with Gasteiger partial charge in [-0.1, -0.05) is 41.5 Å². The van der Waals surface area contributed by atoms with Crippen molar-refractivity contribution in [2.24, 2.45) is 0 Å². The summed E-state index contributed by atoms with van der Waals surface area (Å²) in [5, 5.41) is 12.2. The Morgan fingerprint density at radius 3 is 2.75 bits per heavy atom. The summed E-state index contributed by atoms with van der Waals surface area (Å²) in [6.45, 7) is 0. The van der Waals surface area contributed by atoms with E-state index >= 15 is 0 Å². The first kappa shape index (κ1) is 12.6. The molecule has 2 heterocycles. The largest absolute Gasteiger partial charge is 0.402 e. The molecule has 3 aromatic rings. The average molecular weight is 285 g/mol.